The molecule has 0 saturated carbocycles. The molecule has 7 heteroatoms. The summed E-state index contributed by atoms with van der Waals surface area (Å²) in [5.41, 5.74) is 6.68. The summed E-state index contributed by atoms with van der Waals surface area (Å²) in [6.45, 7) is 2.04. The van der Waals surface area contributed by atoms with Gasteiger partial charge < -0.3 is 15.0 Å². The van der Waals surface area contributed by atoms with Crippen molar-refractivity contribution in [3.8, 4) is 11.4 Å². The van der Waals surface area contributed by atoms with Gasteiger partial charge >= 0.3 is 0 Å². The van der Waals surface area contributed by atoms with Crippen molar-refractivity contribution in [3.05, 3.63) is 41.3 Å². The van der Waals surface area contributed by atoms with E-state index >= 15 is 0 Å². The van der Waals surface area contributed by atoms with Gasteiger partial charge in [-0.1, -0.05) is 5.16 Å². The number of aromatic nitrogens is 2. The van der Waals surface area contributed by atoms with Gasteiger partial charge in [-0.2, -0.15) is 4.98 Å². The molecule has 0 atom stereocenters. The quantitative estimate of drug-likeness (QED) is 0.931. The summed E-state index contributed by atoms with van der Waals surface area (Å²) in [7, 11) is 1.53. The van der Waals surface area contributed by atoms with Crippen LogP contribution in [-0.4, -0.2) is 23.9 Å². The van der Waals surface area contributed by atoms with E-state index in [0.717, 1.165) is 18.2 Å². The van der Waals surface area contributed by atoms with E-state index in [-0.39, 0.29) is 23.0 Å². The molecule has 0 bridgehead atoms. The minimum atomic E-state index is -0.644. The lowest BCUT2D eigenvalue weighted by molar-refractivity contribution is 0.226. The van der Waals surface area contributed by atoms with Crippen LogP contribution in [-0.2, 0) is 4.74 Å². The molecular weight excluding hydrogens is 268 g/mol. The van der Waals surface area contributed by atoms with Gasteiger partial charge in [-0.05, 0) is 30.7 Å². The third kappa shape index (κ3) is 2.83. The van der Waals surface area contributed by atoms with Crippen molar-refractivity contribution >= 4 is 5.70 Å². The highest BCUT2D eigenvalue weighted by atomic mass is 19.1. The van der Waals surface area contributed by atoms with E-state index in [2.05, 4.69) is 10.1 Å². The van der Waals surface area contributed by atoms with Crippen molar-refractivity contribution < 1.29 is 18.0 Å². The van der Waals surface area contributed by atoms with Crippen LogP contribution in [0.25, 0.3) is 17.1 Å². The Morgan fingerprint density at radius 3 is 2.85 bits per heavy atom. The van der Waals surface area contributed by atoms with Crippen LogP contribution in [0.1, 0.15) is 12.8 Å². The summed E-state index contributed by atoms with van der Waals surface area (Å²) in [5, 5.41) is 3.60. The van der Waals surface area contributed by atoms with Crippen molar-refractivity contribution in [2.45, 2.75) is 6.92 Å². The summed E-state index contributed by atoms with van der Waals surface area (Å²) in [6.07, 6.45) is 0. The number of hydrogen-bond donors (Lipinski definition) is 1. The molecule has 0 aliphatic heterocycles. The van der Waals surface area contributed by atoms with Gasteiger partial charge in [0, 0.05) is 7.11 Å². The number of nitrogens with zero attached hydrogens (tertiary/aromatic N) is 2. The van der Waals surface area contributed by atoms with Gasteiger partial charge in [0.25, 0.3) is 5.89 Å². The maximum absolute atomic E-state index is 13.6. The smallest absolute Gasteiger partial charge is 0.274 e. The van der Waals surface area contributed by atoms with Crippen LogP contribution in [0.4, 0.5) is 8.78 Å². The summed E-state index contributed by atoms with van der Waals surface area (Å²) in [5.74, 6) is -1.26. The molecule has 0 fully saturated rings. The topological polar surface area (TPSA) is 74.2 Å². The maximum atomic E-state index is 13.6. The first-order valence-corrected chi connectivity index (χ1v) is 5.76. The van der Waals surface area contributed by atoms with Crippen LogP contribution in [0.5, 0.6) is 0 Å². The lowest BCUT2D eigenvalue weighted by Gasteiger charge is -2.01. The second-order valence-corrected chi connectivity index (χ2v) is 4.17. The highest BCUT2D eigenvalue weighted by Gasteiger charge is 2.16. The Hall–Kier alpha value is -2.28. The molecule has 5 nitrogen and oxygen atoms in total. The lowest BCUT2D eigenvalue weighted by Crippen LogP contribution is -2.04. The van der Waals surface area contributed by atoms with Gasteiger partial charge in [-0.25, -0.2) is 8.78 Å². The average molecular weight is 281 g/mol. The molecule has 0 amide bonds. The normalized spacial score (nSPS) is 12.4. The molecule has 0 aliphatic carbocycles. The number of nitrogens with two attached hydrogens (primary N) is 1. The molecule has 0 radical (unpaired) electrons. The van der Waals surface area contributed by atoms with E-state index in [1.165, 1.54) is 7.11 Å². The van der Waals surface area contributed by atoms with E-state index in [9.17, 15) is 8.78 Å². The molecular formula is C13H13F2N3O2. The number of hydrogen-bond acceptors (Lipinski definition) is 5. The molecule has 0 spiro atoms. The number of halogens is 2. The zero-order chi connectivity index (χ0) is 14.7. The summed E-state index contributed by atoms with van der Waals surface area (Å²) >= 11 is 0. The van der Waals surface area contributed by atoms with Crippen molar-refractivity contribution in [1.82, 2.24) is 10.1 Å². The first-order chi connectivity index (χ1) is 9.52. The minimum absolute atomic E-state index is 0.0400. The second-order valence-electron chi connectivity index (χ2n) is 4.17. The van der Waals surface area contributed by atoms with Gasteiger partial charge in [-0.3, -0.25) is 0 Å². The summed E-state index contributed by atoms with van der Waals surface area (Å²) in [4.78, 5) is 3.96. The number of ether oxygens (including phenoxy) is 1. The number of rotatable bonds is 4. The van der Waals surface area contributed by atoms with Crippen molar-refractivity contribution in [3.63, 3.8) is 0 Å². The third-order valence-electron chi connectivity index (χ3n) is 2.65. The van der Waals surface area contributed by atoms with Crippen molar-refractivity contribution in [2.24, 2.45) is 5.73 Å². The Kier molecular flexibility index (Phi) is 4.09. The van der Waals surface area contributed by atoms with Crippen molar-refractivity contribution in [1.29, 1.82) is 0 Å². The van der Waals surface area contributed by atoms with Crippen molar-refractivity contribution in [2.75, 3.05) is 13.7 Å². The van der Waals surface area contributed by atoms with Crippen LogP contribution in [0.15, 0.2) is 28.3 Å². The zero-order valence-corrected chi connectivity index (χ0v) is 11.0. The van der Waals surface area contributed by atoms with Gasteiger partial charge in [0.2, 0.25) is 5.82 Å². The first-order valence-electron chi connectivity index (χ1n) is 5.76. The molecule has 0 saturated heterocycles. The van der Waals surface area contributed by atoms with Crippen LogP contribution >= 0.6 is 0 Å². The molecule has 2 N–H and O–H groups in total. The van der Waals surface area contributed by atoms with Crippen LogP contribution in [0, 0.1) is 11.6 Å². The fourth-order valence-corrected chi connectivity index (χ4v) is 1.59. The van der Waals surface area contributed by atoms with Crippen LogP contribution in [0.2, 0.25) is 0 Å². The molecule has 106 valence electrons. The third-order valence-corrected chi connectivity index (χ3v) is 2.65. The predicted octanol–water partition coefficient (Wildman–Crippen LogP) is 2.35. The minimum Gasteiger partial charge on any atom is -0.394 e. The van der Waals surface area contributed by atoms with Gasteiger partial charge in [-0.15, -0.1) is 0 Å². The van der Waals surface area contributed by atoms with Crippen LogP contribution in [0.3, 0.4) is 0 Å². The Labute approximate surface area is 114 Å². The lowest BCUT2D eigenvalue weighted by atomic mass is 10.2. The predicted molar refractivity (Wildman–Crippen MR) is 68.3 cm³/mol. The van der Waals surface area contributed by atoms with E-state index in [0.29, 0.717) is 12.2 Å². The molecule has 0 aliphatic rings. The Morgan fingerprint density at radius 1 is 1.40 bits per heavy atom. The monoisotopic (exact) mass is 281 g/mol. The first kappa shape index (κ1) is 14.1. The summed E-state index contributed by atoms with van der Waals surface area (Å²) < 4.78 is 36.6. The molecule has 1 heterocycles. The maximum Gasteiger partial charge on any atom is 0.274 e. The van der Waals surface area contributed by atoms with Gasteiger partial charge in [0.05, 0.1) is 17.9 Å². The second kappa shape index (κ2) is 5.79. The molecule has 0 unspecified atom stereocenters. The van der Waals surface area contributed by atoms with Crippen LogP contribution < -0.4 is 5.73 Å². The molecule has 1 aromatic carbocycles. The zero-order valence-electron chi connectivity index (χ0n) is 11.0. The van der Waals surface area contributed by atoms with E-state index < -0.39 is 11.6 Å². The molecule has 2 rings (SSSR count). The fourth-order valence-electron chi connectivity index (χ4n) is 1.59. The highest BCUT2D eigenvalue weighted by molar-refractivity contribution is 5.62. The average Bonchev–Trinajstić information content (AvgIpc) is 2.90. The molecule has 2 aromatic rings. The summed E-state index contributed by atoms with van der Waals surface area (Å²) in [6, 6.07) is 3.00. The Morgan fingerprint density at radius 2 is 2.15 bits per heavy atom. The van der Waals surface area contributed by atoms with E-state index in [1.807, 2.05) is 0 Å². The standard InChI is InChI=1S/C13H13F2N3O2/c1-7(6-19-2)11(16)13-17-12(18-20-13)9-5-8(14)3-4-10(9)15/h3-5H,6,16H2,1-2H3/b11-7+. The van der Waals surface area contributed by atoms with Gasteiger partial charge in [0.15, 0.2) is 0 Å². The SMILES string of the molecule is COC/C(C)=C(/N)c1nc(-c2cc(F)ccc2F)no1. The number of methoxy groups -OCH3 is 1. The fraction of sp³-hybridized carbons (Fsp3) is 0.231. The Balaban J connectivity index is 2.38. The van der Waals surface area contributed by atoms with Gasteiger partial charge in [0.1, 0.15) is 11.6 Å². The molecule has 20 heavy (non-hydrogen) atoms. The molecule has 1 aromatic heterocycles. The van der Waals surface area contributed by atoms with E-state index in [1.54, 1.807) is 6.92 Å². The highest BCUT2D eigenvalue weighted by Crippen LogP contribution is 2.22. The largest absolute Gasteiger partial charge is 0.394 e. The Bertz CT molecular complexity index is 653. The van der Waals surface area contributed by atoms with E-state index in [4.69, 9.17) is 15.0 Å². The number of benzene rings is 1.